The van der Waals surface area contributed by atoms with Gasteiger partial charge in [-0.3, -0.25) is 9.59 Å². The first-order chi connectivity index (χ1) is 15.4. The number of carbonyl (C=O) groups excluding carboxylic acids is 1. The van der Waals surface area contributed by atoms with E-state index in [9.17, 15) is 9.59 Å². The number of amides is 1. The number of furan rings is 1. The number of carbonyl (C=O) groups is 1. The van der Waals surface area contributed by atoms with Gasteiger partial charge in [0, 0.05) is 23.0 Å². The molecule has 0 saturated carbocycles. The van der Waals surface area contributed by atoms with Crippen LogP contribution in [0.1, 0.15) is 33.1 Å². The third-order valence-corrected chi connectivity index (χ3v) is 4.85. The van der Waals surface area contributed by atoms with Crippen molar-refractivity contribution in [3.8, 4) is 17.1 Å². The topological polar surface area (TPSA) is 97.2 Å². The minimum absolute atomic E-state index is 0.178. The van der Waals surface area contributed by atoms with Gasteiger partial charge in [-0.2, -0.15) is 0 Å². The Morgan fingerprint density at radius 1 is 1.06 bits per heavy atom. The summed E-state index contributed by atoms with van der Waals surface area (Å²) in [5, 5.41) is 2.81. The van der Waals surface area contributed by atoms with Crippen molar-refractivity contribution in [2.75, 3.05) is 5.32 Å². The summed E-state index contributed by atoms with van der Waals surface area (Å²) in [6, 6.07) is 17.8. The Morgan fingerprint density at radius 2 is 1.91 bits per heavy atom. The Labute approximate surface area is 185 Å². The molecule has 1 amide bonds. The average molecular weight is 429 g/mol. The van der Waals surface area contributed by atoms with Crippen LogP contribution in [-0.2, 0) is 6.61 Å². The molecule has 4 aromatic rings. The number of ether oxygens (including phenoxy) is 1. The fraction of sp³-hybridized carbons (Fsp3) is 0.160. The van der Waals surface area contributed by atoms with Crippen molar-refractivity contribution in [3.05, 3.63) is 99.4 Å². The Hall–Kier alpha value is -4.13. The number of aromatic amines is 1. The Morgan fingerprint density at radius 3 is 2.69 bits per heavy atom. The van der Waals surface area contributed by atoms with Crippen molar-refractivity contribution in [2.45, 2.75) is 27.4 Å². The lowest BCUT2D eigenvalue weighted by molar-refractivity contribution is 0.0992. The van der Waals surface area contributed by atoms with Gasteiger partial charge in [-0.25, -0.2) is 4.98 Å². The Balaban J connectivity index is 1.43. The highest BCUT2D eigenvalue weighted by molar-refractivity contribution is 6.02. The van der Waals surface area contributed by atoms with Gasteiger partial charge in [-0.15, -0.1) is 0 Å². The fourth-order valence-electron chi connectivity index (χ4n) is 3.34. The molecule has 2 aromatic heterocycles. The van der Waals surface area contributed by atoms with Gasteiger partial charge in [-0.05, 0) is 56.7 Å². The molecule has 0 fully saturated rings. The van der Waals surface area contributed by atoms with Crippen LogP contribution in [-0.4, -0.2) is 15.9 Å². The Bertz CT molecular complexity index is 1340. The second-order valence-corrected chi connectivity index (χ2v) is 7.59. The van der Waals surface area contributed by atoms with E-state index in [4.69, 9.17) is 9.15 Å². The molecular weight excluding hydrogens is 406 g/mol. The molecule has 0 atom stereocenters. The highest BCUT2D eigenvalue weighted by Crippen LogP contribution is 2.22. The highest BCUT2D eigenvalue weighted by Gasteiger charge is 2.13. The monoisotopic (exact) mass is 429 g/mol. The van der Waals surface area contributed by atoms with Crippen LogP contribution in [0.3, 0.4) is 0 Å². The van der Waals surface area contributed by atoms with Crippen molar-refractivity contribution in [1.29, 1.82) is 0 Å². The van der Waals surface area contributed by atoms with Gasteiger partial charge in [0.25, 0.3) is 11.5 Å². The van der Waals surface area contributed by atoms with Gasteiger partial charge in [0.15, 0.2) is 5.76 Å². The molecular formula is C25H23N3O4. The average Bonchev–Trinajstić information content (AvgIpc) is 3.22. The molecule has 32 heavy (non-hydrogen) atoms. The normalized spacial score (nSPS) is 10.7. The number of nitrogens with zero attached hydrogens (tertiary/aromatic N) is 1. The van der Waals surface area contributed by atoms with Crippen molar-refractivity contribution >= 4 is 11.6 Å². The molecule has 0 saturated heterocycles. The summed E-state index contributed by atoms with van der Waals surface area (Å²) in [5.74, 6) is 1.56. The molecule has 0 spiro atoms. The van der Waals surface area contributed by atoms with E-state index in [-0.39, 0.29) is 23.8 Å². The Kier molecular flexibility index (Phi) is 5.89. The molecule has 0 aliphatic heterocycles. The van der Waals surface area contributed by atoms with Gasteiger partial charge >= 0.3 is 0 Å². The summed E-state index contributed by atoms with van der Waals surface area (Å²) < 4.78 is 11.5. The van der Waals surface area contributed by atoms with Crippen LogP contribution in [0.2, 0.25) is 0 Å². The third kappa shape index (κ3) is 4.95. The number of aryl methyl sites for hydroxylation is 3. The maximum Gasteiger partial charge on any atom is 0.291 e. The zero-order valence-electron chi connectivity index (χ0n) is 18.1. The minimum atomic E-state index is -0.384. The van der Waals surface area contributed by atoms with Crippen molar-refractivity contribution in [2.24, 2.45) is 0 Å². The van der Waals surface area contributed by atoms with E-state index in [1.54, 1.807) is 37.3 Å². The first-order valence-corrected chi connectivity index (χ1v) is 10.2. The van der Waals surface area contributed by atoms with E-state index in [0.29, 0.717) is 28.5 Å². The third-order valence-electron chi connectivity index (χ3n) is 4.85. The van der Waals surface area contributed by atoms with Crippen molar-refractivity contribution < 1.29 is 13.9 Å². The quantitative estimate of drug-likeness (QED) is 0.459. The van der Waals surface area contributed by atoms with E-state index in [1.807, 2.05) is 38.1 Å². The predicted octanol–water partition coefficient (Wildman–Crippen LogP) is 4.79. The van der Waals surface area contributed by atoms with Gasteiger partial charge in [0.1, 0.15) is 23.9 Å². The molecule has 2 heterocycles. The number of benzene rings is 2. The number of hydrogen-bond donors (Lipinski definition) is 2. The van der Waals surface area contributed by atoms with Crippen LogP contribution in [0, 0.1) is 20.8 Å². The minimum Gasteiger partial charge on any atom is -0.485 e. The van der Waals surface area contributed by atoms with Crippen LogP contribution in [0.5, 0.6) is 5.75 Å². The maximum atomic E-state index is 12.6. The zero-order valence-corrected chi connectivity index (χ0v) is 18.1. The smallest absolute Gasteiger partial charge is 0.291 e. The van der Waals surface area contributed by atoms with E-state index < -0.39 is 0 Å². The van der Waals surface area contributed by atoms with Crippen LogP contribution < -0.4 is 15.6 Å². The second-order valence-electron chi connectivity index (χ2n) is 7.59. The van der Waals surface area contributed by atoms with Gasteiger partial charge in [-0.1, -0.05) is 29.8 Å². The van der Waals surface area contributed by atoms with Gasteiger partial charge < -0.3 is 19.5 Å². The lowest BCUT2D eigenvalue weighted by Crippen LogP contribution is -2.11. The summed E-state index contributed by atoms with van der Waals surface area (Å²) in [5.41, 5.74) is 3.84. The number of hydrogen-bond acceptors (Lipinski definition) is 5. The lowest BCUT2D eigenvalue weighted by Gasteiger charge is -2.08. The maximum absolute atomic E-state index is 12.6. The van der Waals surface area contributed by atoms with Crippen LogP contribution >= 0.6 is 0 Å². The summed E-state index contributed by atoms with van der Waals surface area (Å²) >= 11 is 0. The second kappa shape index (κ2) is 8.93. The number of H-pyrrole nitrogens is 1. The fourth-order valence-corrected chi connectivity index (χ4v) is 3.34. The van der Waals surface area contributed by atoms with Crippen LogP contribution in [0.15, 0.2) is 69.9 Å². The van der Waals surface area contributed by atoms with Crippen molar-refractivity contribution in [1.82, 2.24) is 9.97 Å². The SMILES string of the molecule is Cc1ccc(OCc2ccc(C(=O)Nc3cccc(-c4nc(C)cc(=O)[nH]4)c3)o2)c(C)c1. The first kappa shape index (κ1) is 21.1. The van der Waals surface area contributed by atoms with Crippen LogP contribution in [0.25, 0.3) is 11.4 Å². The summed E-state index contributed by atoms with van der Waals surface area (Å²) in [6.07, 6.45) is 0. The molecule has 0 aliphatic rings. The van der Waals surface area contributed by atoms with Crippen LogP contribution in [0.4, 0.5) is 5.69 Å². The predicted molar refractivity (Wildman–Crippen MR) is 122 cm³/mol. The lowest BCUT2D eigenvalue weighted by atomic mass is 10.1. The van der Waals surface area contributed by atoms with Gasteiger partial charge in [0.2, 0.25) is 0 Å². The molecule has 0 radical (unpaired) electrons. The largest absolute Gasteiger partial charge is 0.485 e. The first-order valence-electron chi connectivity index (χ1n) is 10.2. The summed E-state index contributed by atoms with van der Waals surface area (Å²) in [6.45, 7) is 5.99. The standard InChI is InChI=1S/C25H23N3O4/c1-15-7-9-21(16(2)11-15)31-14-20-8-10-22(32-20)25(30)27-19-6-4-5-18(13-19)24-26-17(3)12-23(29)28-24/h4-13H,14H2,1-3H3,(H,27,30)(H,26,28,29). The molecule has 162 valence electrons. The van der Waals surface area contributed by atoms with E-state index in [0.717, 1.165) is 11.3 Å². The molecule has 2 N–H and O–H groups in total. The molecule has 0 bridgehead atoms. The van der Waals surface area contributed by atoms with E-state index >= 15 is 0 Å². The number of aromatic nitrogens is 2. The summed E-state index contributed by atoms with van der Waals surface area (Å²) in [4.78, 5) is 31.4. The van der Waals surface area contributed by atoms with Gasteiger partial charge in [0.05, 0.1) is 0 Å². The van der Waals surface area contributed by atoms with E-state index in [2.05, 4.69) is 15.3 Å². The molecule has 7 nitrogen and oxygen atoms in total. The molecule has 4 rings (SSSR count). The number of nitrogens with one attached hydrogen (secondary N) is 2. The molecule has 0 unspecified atom stereocenters. The summed E-state index contributed by atoms with van der Waals surface area (Å²) in [7, 11) is 0. The molecule has 2 aromatic carbocycles. The number of rotatable bonds is 6. The zero-order chi connectivity index (χ0) is 22.7. The number of anilines is 1. The molecule has 7 heteroatoms. The van der Waals surface area contributed by atoms with Crippen molar-refractivity contribution in [3.63, 3.8) is 0 Å². The van der Waals surface area contributed by atoms with E-state index in [1.165, 1.54) is 11.6 Å². The molecule has 0 aliphatic carbocycles. The highest BCUT2D eigenvalue weighted by atomic mass is 16.5.